The molecule has 0 radical (unpaired) electrons. The first-order valence-electron chi connectivity index (χ1n) is 7.04. The second kappa shape index (κ2) is 12.1. The molecule has 2 N–H and O–H groups in total. The molecule has 0 aromatic heterocycles. The van der Waals surface area contributed by atoms with Crippen LogP contribution in [0.25, 0.3) is 0 Å². The molecule has 0 saturated heterocycles. The van der Waals surface area contributed by atoms with Crippen molar-refractivity contribution in [2.75, 3.05) is 31.4 Å². The van der Waals surface area contributed by atoms with Crippen molar-refractivity contribution in [3.63, 3.8) is 0 Å². The summed E-state index contributed by atoms with van der Waals surface area (Å²) in [5.74, 6) is 2.73. The predicted octanol–water partition coefficient (Wildman–Crippen LogP) is 2.21. The van der Waals surface area contributed by atoms with Crippen molar-refractivity contribution in [1.29, 1.82) is 0 Å². The average molecular weight is 433 g/mol. The molecule has 4 nitrogen and oxygen atoms in total. The Morgan fingerprint density at radius 1 is 1.45 bits per heavy atom. The summed E-state index contributed by atoms with van der Waals surface area (Å²) < 4.78 is 11.9. The maximum atomic E-state index is 11.9. The summed E-state index contributed by atoms with van der Waals surface area (Å²) >= 11 is 1.82. The zero-order valence-electron chi connectivity index (χ0n) is 12.7. The summed E-state index contributed by atoms with van der Waals surface area (Å²) in [6.45, 7) is 2.94. The Balaban J connectivity index is 0.00000361. The predicted molar refractivity (Wildman–Crippen MR) is 103 cm³/mol. The Morgan fingerprint density at radius 3 is 2.80 bits per heavy atom. The first-order chi connectivity index (χ1) is 9.21. The monoisotopic (exact) mass is 433 g/mol. The van der Waals surface area contributed by atoms with E-state index < -0.39 is 10.8 Å². The highest BCUT2D eigenvalue weighted by molar-refractivity contribution is 14.0. The van der Waals surface area contributed by atoms with Gasteiger partial charge in [-0.15, -0.1) is 24.0 Å². The number of rotatable bonds is 6. The zero-order chi connectivity index (χ0) is 14.1. The molecule has 0 amide bonds. The summed E-state index contributed by atoms with van der Waals surface area (Å²) in [7, 11) is 1.14. The number of nitrogens with zero attached hydrogens (tertiary/aromatic N) is 1. The molecule has 20 heavy (non-hydrogen) atoms. The van der Waals surface area contributed by atoms with Gasteiger partial charge in [-0.1, -0.05) is 13.3 Å². The number of aliphatic imine (C=N–C) groups is 1. The van der Waals surface area contributed by atoms with Gasteiger partial charge in [-0.3, -0.25) is 9.20 Å². The van der Waals surface area contributed by atoms with Gasteiger partial charge in [-0.2, -0.15) is 11.8 Å². The number of nitrogens with one attached hydrogen (secondary N) is 2. The molecule has 7 heteroatoms. The third kappa shape index (κ3) is 7.49. The fraction of sp³-hybridized carbons (Fsp3) is 0.923. The minimum Gasteiger partial charge on any atom is -0.356 e. The third-order valence-corrected chi connectivity index (χ3v) is 5.80. The lowest BCUT2D eigenvalue weighted by Crippen LogP contribution is -2.47. The largest absolute Gasteiger partial charge is 0.356 e. The van der Waals surface area contributed by atoms with Crippen LogP contribution in [-0.4, -0.2) is 52.8 Å². The highest BCUT2D eigenvalue weighted by Crippen LogP contribution is 2.22. The average Bonchev–Trinajstić information content (AvgIpc) is 2.45. The SMILES string of the molecule is CCS(=O)C1CCCC(NC(=NC)NCCSC)C1.I. The maximum Gasteiger partial charge on any atom is 0.191 e. The van der Waals surface area contributed by atoms with Gasteiger partial charge in [0.05, 0.1) is 0 Å². The van der Waals surface area contributed by atoms with Gasteiger partial charge in [0.15, 0.2) is 5.96 Å². The number of hydrogen-bond donors (Lipinski definition) is 2. The van der Waals surface area contributed by atoms with Gasteiger partial charge in [0.1, 0.15) is 0 Å². The van der Waals surface area contributed by atoms with E-state index in [-0.39, 0.29) is 24.0 Å². The van der Waals surface area contributed by atoms with E-state index in [0.717, 1.165) is 49.7 Å². The number of halogens is 1. The molecule has 3 unspecified atom stereocenters. The van der Waals surface area contributed by atoms with Gasteiger partial charge in [0.2, 0.25) is 0 Å². The van der Waals surface area contributed by atoms with Gasteiger partial charge >= 0.3 is 0 Å². The molecule has 120 valence electrons. The molecular weight excluding hydrogens is 405 g/mol. The van der Waals surface area contributed by atoms with Crippen LogP contribution in [0, 0.1) is 0 Å². The van der Waals surface area contributed by atoms with Crippen LogP contribution in [0.2, 0.25) is 0 Å². The number of hydrogen-bond acceptors (Lipinski definition) is 3. The Hall–Kier alpha value is 0.500. The molecule has 0 bridgehead atoms. The molecule has 1 fully saturated rings. The zero-order valence-corrected chi connectivity index (χ0v) is 16.6. The van der Waals surface area contributed by atoms with Gasteiger partial charge in [-0.05, 0) is 25.5 Å². The first-order valence-corrected chi connectivity index (χ1v) is 9.82. The van der Waals surface area contributed by atoms with Crippen molar-refractivity contribution in [2.45, 2.75) is 43.9 Å². The lowest BCUT2D eigenvalue weighted by molar-refractivity contribution is 0.414. The van der Waals surface area contributed by atoms with Crippen molar-refractivity contribution in [3.05, 3.63) is 0 Å². The fourth-order valence-electron chi connectivity index (χ4n) is 2.41. The molecule has 0 spiro atoms. The van der Waals surface area contributed by atoms with Crippen molar-refractivity contribution in [1.82, 2.24) is 10.6 Å². The van der Waals surface area contributed by atoms with Crippen LogP contribution in [0.15, 0.2) is 4.99 Å². The molecule has 0 aromatic carbocycles. The van der Waals surface area contributed by atoms with E-state index in [9.17, 15) is 4.21 Å². The van der Waals surface area contributed by atoms with Crippen LogP contribution in [0.4, 0.5) is 0 Å². The summed E-state index contributed by atoms with van der Waals surface area (Å²) in [6.07, 6.45) is 6.53. The van der Waals surface area contributed by atoms with Crippen LogP contribution in [-0.2, 0) is 10.8 Å². The van der Waals surface area contributed by atoms with E-state index in [1.54, 1.807) is 7.05 Å². The lowest BCUT2D eigenvalue weighted by Gasteiger charge is -2.30. The Labute approximate surface area is 147 Å². The van der Waals surface area contributed by atoms with Crippen LogP contribution in [0.5, 0.6) is 0 Å². The molecule has 0 aliphatic heterocycles. The molecule has 1 aliphatic rings. The van der Waals surface area contributed by atoms with Gasteiger partial charge < -0.3 is 10.6 Å². The van der Waals surface area contributed by atoms with Crippen molar-refractivity contribution >= 4 is 52.5 Å². The standard InChI is InChI=1S/C13H27N3OS2.HI/c1-4-19(17)12-7-5-6-11(10-12)16-13(14-2)15-8-9-18-3;/h11-12H,4-10H2,1-3H3,(H2,14,15,16);1H. The van der Waals surface area contributed by atoms with Gasteiger partial charge in [0.25, 0.3) is 0 Å². The Morgan fingerprint density at radius 2 is 2.20 bits per heavy atom. The van der Waals surface area contributed by atoms with E-state index in [0.29, 0.717) is 11.3 Å². The van der Waals surface area contributed by atoms with E-state index in [1.165, 1.54) is 0 Å². The van der Waals surface area contributed by atoms with E-state index in [4.69, 9.17) is 0 Å². The smallest absolute Gasteiger partial charge is 0.191 e. The van der Waals surface area contributed by atoms with Gasteiger partial charge in [0, 0.05) is 47.2 Å². The summed E-state index contributed by atoms with van der Waals surface area (Å²) in [6, 6.07) is 0.412. The number of guanidine groups is 1. The lowest BCUT2D eigenvalue weighted by atomic mass is 9.95. The minimum atomic E-state index is -0.661. The van der Waals surface area contributed by atoms with Crippen molar-refractivity contribution in [2.24, 2.45) is 4.99 Å². The molecule has 1 aliphatic carbocycles. The molecule has 3 atom stereocenters. The summed E-state index contributed by atoms with van der Waals surface area (Å²) in [4.78, 5) is 4.25. The first kappa shape index (κ1) is 20.5. The molecule has 1 rings (SSSR count). The quantitative estimate of drug-likeness (QED) is 0.292. The molecular formula is C13H28IN3OS2. The fourth-order valence-corrected chi connectivity index (χ4v) is 4.06. The van der Waals surface area contributed by atoms with Crippen LogP contribution in [0.3, 0.4) is 0 Å². The van der Waals surface area contributed by atoms with Crippen LogP contribution >= 0.6 is 35.7 Å². The second-order valence-corrected chi connectivity index (χ2v) is 7.78. The molecule has 1 saturated carbocycles. The van der Waals surface area contributed by atoms with E-state index >= 15 is 0 Å². The van der Waals surface area contributed by atoms with Crippen LogP contribution < -0.4 is 10.6 Å². The topological polar surface area (TPSA) is 53.5 Å². The van der Waals surface area contributed by atoms with E-state index in [2.05, 4.69) is 21.9 Å². The summed E-state index contributed by atoms with van der Waals surface area (Å²) in [5, 5.41) is 7.15. The maximum absolute atomic E-state index is 11.9. The van der Waals surface area contributed by atoms with Crippen molar-refractivity contribution < 1.29 is 4.21 Å². The summed E-state index contributed by atoms with van der Waals surface area (Å²) in [5.41, 5.74) is 0. The highest BCUT2D eigenvalue weighted by atomic mass is 127. The van der Waals surface area contributed by atoms with Crippen molar-refractivity contribution in [3.8, 4) is 0 Å². The van der Waals surface area contributed by atoms with Gasteiger partial charge in [-0.25, -0.2) is 0 Å². The molecule has 0 aromatic rings. The normalized spacial score (nSPS) is 24.6. The Bertz CT molecular complexity index is 316. The Kier molecular flexibility index (Phi) is 12.4. The third-order valence-electron chi connectivity index (χ3n) is 3.45. The number of thioether (sulfide) groups is 1. The highest BCUT2D eigenvalue weighted by Gasteiger charge is 2.25. The minimum absolute atomic E-state index is 0. The second-order valence-electron chi connectivity index (χ2n) is 4.79. The van der Waals surface area contributed by atoms with E-state index in [1.807, 2.05) is 18.7 Å². The van der Waals surface area contributed by atoms with Crippen LogP contribution in [0.1, 0.15) is 32.6 Å². The molecule has 0 heterocycles.